The standard InChI is InChI=1S/C24H31NO7S/c1-16(2)21-11-6-17(3)13-22(21)32-23(26)15-31-24(27)18-7-9-20(10-8-18)33(28,29)25-14-19-5-4-12-30-19/h4-5,7-10,12,16-17,21-22,25H,6,11,13-15H2,1-3H3. The molecule has 33 heavy (non-hydrogen) atoms. The van der Waals surface area contributed by atoms with Gasteiger partial charge in [-0.3, -0.25) is 0 Å². The number of sulfonamides is 1. The molecule has 1 saturated carbocycles. The first-order chi connectivity index (χ1) is 15.7. The summed E-state index contributed by atoms with van der Waals surface area (Å²) in [5.74, 6) is 0.376. The number of hydrogen-bond acceptors (Lipinski definition) is 7. The molecule has 0 saturated heterocycles. The third-order valence-corrected chi connectivity index (χ3v) is 7.40. The van der Waals surface area contributed by atoms with E-state index in [9.17, 15) is 18.0 Å². The smallest absolute Gasteiger partial charge is 0.344 e. The molecule has 9 heteroatoms. The van der Waals surface area contributed by atoms with Crippen molar-refractivity contribution in [3.8, 4) is 0 Å². The van der Waals surface area contributed by atoms with Gasteiger partial charge in [0.25, 0.3) is 0 Å². The Hall–Kier alpha value is -2.65. The molecule has 1 aromatic heterocycles. The fraction of sp³-hybridized carbons (Fsp3) is 0.500. The van der Waals surface area contributed by atoms with Crippen LogP contribution in [0.3, 0.4) is 0 Å². The van der Waals surface area contributed by atoms with Crippen LogP contribution in [0.4, 0.5) is 0 Å². The Morgan fingerprint density at radius 2 is 1.88 bits per heavy atom. The third kappa shape index (κ3) is 6.91. The zero-order valence-corrected chi connectivity index (χ0v) is 20.0. The van der Waals surface area contributed by atoms with Crippen LogP contribution in [-0.2, 0) is 30.8 Å². The van der Waals surface area contributed by atoms with Crippen LogP contribution in [0.1, 0.15) is 56.2 Å². The maximum atomic E-state index is 12.4. The largest absolute Gasteiger partial charge is 0.468 e. The topological polar surface area (TPSA) is 112 Å². The second-order valence-electron chi connectivity index (χ2n) is 8.86. The zero-order chi connectivity index (χ0) is 24.0. The number of nitrogens with one attached hydrogen (secondary N) is 1. The number of furan rings is 1. The molecule has 0 bridgehead atoms. The lowest BCUT2D eigenvalue weighted by atomic mass is 9.75. The van der Waals surface area contributed by atoms with E-state index in [0.717, 1.165) is 19.3 Å². The SMILES string of the molecule is CC1CCC(C(C)C)C(OC(=O)COC(=O)c2ccc(S(=O)(=O)NCc3ccco3)cc2)C1. The van der Waals surface area contributed by atoms with Crippen molar-refractivity contribution >= 4 is 22.0 Å². The van der Waals surface area contributed by atoms with Crippen molar-refractivity contribution in [3.63, 3.8) is 0 Å². The summed E-state index contributed by atoms with van der Waals surface area (Å²) in [6.07, 6.45) is 4.24. The molecule has 0 amide bonds. The molecule has 1 aliphatic rings. The van der Waals surface area contributed by atoms with Crippen LogP contribution < -0.4 is 4.72 Å². The molecule has 0 aliphatic heterocycles. The van der Waals surface area contributed by atoms with Crippen molar-refractivity contribution in [2.75, 3.05) is 6.61 Å². The lowest BCUT2D eigenvalue weighted by Crippen LogP contribution is -2.36. The van der Waals surface area contributed by atoms with Gasteiger partial charge in [-0.1, -0.05) is 27.2 Å². The number of carbonyl (C=O) groups is 2. The highest BCUT2D eigenvalue weighted by atomic mass is 32.2. The third-order valence-electron chi connectivity index (χ3n) is 5.98. The van der Waals surface area contributed by atoms with E-state index in [1.807, 2.05) is 0 Å². The highest BCUT2D eigenvalue weighted by molar-refractivity contribution is 7.89. The van der Waals surface area contributed by atoms with Gasteiger partial charge < -0.3 is 13.9 Å². The summed E-state index contributed by atoms with van der Waals surface area (Å²) in [6.45, 7) is 5.92. The van der Waals surface area contributed by atoms with E-state index in [0.29, 0.717) is 23.5 Å². The van der Waals surface area contributed by atoms with E-state index in [1.54, 1.807) is 12.1 Å². The maximum Gasteiger partial charge on any atom is 0.344 e. The van der Waals surface area contributed by atoms with Gasteiger partial charge in [-0.25, -0.2) is 22.7 Å². The first-order valence-electron chi connectivity index (χ1n) is 11.1. The van der Waals surface area contributed by atoms with Crippen molar-refractivity contribution in [1.29, 1.82) is 0 Å². The highest BCUT2D eigenvalue weighted by Gasteiger charge is 2.33. The molecule has 0 spiro atoms. The van der Waals surface area contributed by atoms with Crippen LogP contribution in [0.2, 0.25) is 0 Å². The van der Waals surface area contributed by atoms with Crippen LogP contribution in [0, 0.1) is 17.8 Å². The molecular formula is C24H31NO7S. The second-order valence-corrected chi connectivity index (χ2v) is 10.6. The monoisotopic (exact) mass is 477 g/mol. The summed E-state index contributed by atoms with van der Waals surface area (Å²) < 4.78 is 43.0. The minimum Gasteiger partial charge on any atom is -0.468 e. The molecule has 3 rings (SSSR count). The van der Waals surface area contributed by atoms with E-state index >= 15 is 0 Å². The van der Waals surface area contributed by atoms with Crippen molar-refractivity contribution < 1.29 is 31.9 Å². The van der Waals surface area contributed by atoms with Gasteiger partial charge >= 0.3 is 11.9 Å². The van der Waals surface area contributed by atoms with Gasteiger partial charge in [-0.2, -0.15) is 0 Å². The molecule has 1 aliphatic carbocycles. The average Bonchev–Trinajstić information content (AvgIpc) is 3.30. The van der Waals surface area contributed by atoms with Gasteiger partial charge in [-0.05, 0) is 67.0 Å². The Morgan fingerprint density at radius 1 is 1.15 bits per heavy atom. The van der Waals surface area contributed by atoms with Gasteiger partial charge in [0, 0.05) is 0 Å². The molecule has 3 unspecified atom stereocenters. The van der Waals surface area contributed by atoms with Crippen molar-refractivity contribution in [1.82, 2.24) is 4.72 Å². The summed E-state index contributed by atoms with van der Waals surface area (Å²) in [5, 5.41) is 0. The van der Waals surface area contributed by atoms with E-state index < -0.39 is 28.6 Å². The molecule has 1 fully saturated rings. The van der Waals surface area contributed by atoms with Gasteiger partial charge in [-0.15, -0.1) is 0 Å². The fourth-order valence-electron chi connectivity index (χ4n) is 4.09. The van der Waals surface area contributed by atoms with Crippen LogP contribution in [0.15, 0.2) is 52.0 Å². The first kappa shape index (κ1) is 25.0. The molecule has 1 heterocycles. The summed E-state index contributed by atoms with van der Waals surface area (Å²) >= 11 is 0. The molecule has 1 N–H and O–H groups in total. The van der Waals surface area contributed by atoms with E-state index in [1.165, 1.54) is 30.5 Å². The number of benzene rings is 1. The van der Waals surface area contributed by atoms with E-state index in [4.69, 9.17) is 13.9 Å². The average molecular weight is 478 g/mol. The Morgan fingerprint density at radius 3 is 2.52 bits per heavy atom. The van der Waals surface area contributed by atoms with Crippen LogP contribution in [0.25, 0.3) is 0 Å². The minimum atomic E-state index is -3.77. The van der Waals surface area contributed by atoms with Crippen LogP contribution >= 0.6 is 0 Å². The molecule has 180 valence electrons. The highest BCUT2D eigenvalue weighted by Crippen LogP contribution is 2.35. The normalized spacial score (nSPS) is 21.0. The number of rotatable bonds is 9. The molecule has 8 nitrogen and oxygen atoms in total. The predicted octanol–water partition coefficient (Wildman–Crippen LogP) is 3.92. The van der Waals surface area contributed by atoms with Gasteiger partial charge in [0.15, 0.2) is 6.61 Å². The van der Waals surface area contributed by atoms with Gasteiger partial charge in [0.05, 0.1) is 23.3 Å². The molecule has 2 aromatic rings. The van der Waals surface area contributed by atoms with E-state index in [-0.39, 0.29) is 23.1 Å². The number of hydrogen-bond donors (Lipinski definition) is 1. The van der Waals surface area contributed by atoms with Gasteiger partial charge in [0.1, 0.15) is 11.9 Å². The van der Waals surface area contributed by atoms with Gasteiger partial charge in [0.2, 0.25) is 10.0 Å². The number of esters is 2. The van der Waals surface area contributed by atoms with Crippen LogP contribution in [-0.4, -0.2) is 33.1 Å². The zero-order valence-electron chi connectivity index (χ0n) is 19.2. The van der Waals surface area contributed by atoms with E-state index in [2.05, 4.69) is 25.5 Å². The Kier molecular flexibility index (Phi) is 8.31. The summed E-state index contributed by atoms with van der Waals surface area (Å²) in [5.41, 5.74) is 0.138. The number of ether oxygens (including phenoxy) is 2. The summed E-state index contributed by atoms with van der Waals surface area (Å²) in [4.78, 5) is 24.6. The second kappa shape index (κ2) is 11.0. The number of carbonyl (C=O) groups excluding carboxylic acids is 2. The fourth-order valence-corrected chi connectivity index (χ4v) is 5.09. The van der Waals surface area contributed by atoms with Crippen LogP contribution in [0.5, 0.6) is 0 Å². The summed E-state index contributed by atoms with van der Waals surface area (Å²) in [6, 6.07) is 8.61. The lowest BCUT2D eigenvalue weighted by Gasteiger charge is -2.36. The maximum absolute atomic E-state index is 12.4. The molecule has 1 aromatic carbocycles. The first-order valence-corrected chi connectivity index (χ1v) is 12.6. The van der Waals surface area contributed by atoms with Crippen molar-refractivity contribution in [3.05, 3.63) is 54.0 Å². The Labute approximate surface area is 194 Å². The Bertz CT molecular complexity index is 1030. The predicted molar refractivity (Wildman–Crippen MR) is 121 cm³/mol. The lowest BCUT2D eigenvalue weighted by molar-refractivity contribution is -0.159. The Balaban J connectivity index is 1.51. The van der Waals surface area contributed by atoms with Crippen molar-refractivity contribution in [2.24, 2.45) is 17.8 Å². The molecular weight excluding hydrogens is 446 g/mol. The molecule has 0 radical (unpaired) electrons. The minimum absolute atomic E-state index is 0.00355. The summed E-state index contributed by atoms with van der Waals surface area (Å²) in [7, 11) is -3.77. The quantitative estimate of drug-likeness (QED) is 0.545. The van der Waals surface area contributed by atoms with Crippen molar-refractivity contribution in [2.45, 2.75) is 57.6 Å². The molecule has 3 atom stereocenters.